The zero-order valence-electron chi connectivity index (χ0n) is 12.6. The molecule has 0 aromatic heterocycles. The van der Waals surface area contributed by atoms with E-state index in [2.05, 4.69) is 65.7 Å². The molecule has 16 heavy (non-hydrogen) atoms. The van der Waals surface area contributed by atoms with Crippen molar-refractivity contribution < 1.29 is 0 Å². The molecule has 0 aliphatic heterocycles. The van der Waals surface area contributed by atoms with Gasteiger partial charge in [0.15, 0.2) is 0 Å². The average Bonchev–Trinajstić information content (AvgIpc) is 2.21. The summed E-state index contributed by atoms with van der Waals surface area (Å²) in [6, 6.07) is 1.77. The Morgan fingerprint density at radius 2 is 1.62 bits per heavy atom. The van der Waals surface area contributed by atoms with E-state index >= 15 is 0 Å². The molecular formula is C14H32N2. The average molecular weight is 228 g/mol. The molecule has 3 unspecified atom stereocenters. The van der Waals surface area contributed by atoms with E-state index in [0.29, 0.717) is 23.5 Å². The Labute approximate surface area is 103 Å². The fraction of sp³-hybridized carbons (Fsp3) is 1.00. The summed E-state index contributed by atoms with van der Waals surface area (Å²) in [5.74, 6) is 0. The lowest BCUT2D eigenvalue weighted by atomic mass is 9.86. The maximum absolute atomic E-state index is 3.58. The molecule has 0 saturated carbocycles. The molecule has 0 spiro atoms. The second-order valence-corrected chi connectivity index (χ2v) is 6.02. The van der Waals surface area contributed by atoms with Gasteiger partial charge in [0.05, 0.1) is 0 Å². The van der Waals surface area contributed by atoms with Gasteiger partial charge in [-0.15, -0.1) is 0 Å². The van der Waals surface area contributed by atoms with Crippen molar-refractivity contribution in [1.82, 2.24) is 10.2 Å². The third-order valence-corrected chi connectivity index (χ3v) is 4.00. The molecule has 98 valence electrons. The van der Waals surface area contributed by atoms with E-state index in [4.69, 9.17) is 0 Å². The SMILES string of the molecule is CCNC(CC)C(C)N(C)C(C)C(C)(C)C. The van der Waals surface area contributed by atoms with Gasteiger partial charge in [-0.05, 0) is 39.3 Å². The van der Waals surface area contributed by atoms with Gasteiger partial charge >= 0.3 is 0 Å². The van der Waals surface area contributed by atoms with Crippen LogP contribution in [0.3, 0.4) is 0 Å². The Hall–Kier alpha value is -0.0800. The van der Waals surface area contributed by atoms with Gasteiger partial charge in [-0.25, -0.2) is 0 Å². The van der Waals surface area contributed by atoms with Crippen molar-refractivity contribution in [2.75, 3.05) is 13.6 Å². The maximum Gasteiger partial charge on any atom is 0.0220 e. The molecule has 0 radical (unpaired) electrons. The molecule has 0 heterocycles. The molecule has 0 aromatic rings. The van der Waals surface area contributed by atoms with Gasteiger partial charge in [0.2, 0.25) is 0 Å². The van der Waals surface area contributed by atoms with Crippen LogP contribution in [0.4, 0.5) is 0 Å². The second-order valence-electron chi connectivity index (χ2n) is 6.02. The van der Waals surface area contributed by atoms with E-state index in [1.165, 1.54) is 6.42 Å². The van der Waals surface area contributed by atoms with Crippen LogP contribution < -0.4 is 5.32 Å². The molecule has 0 aliphatic rings. The molecule has 3 atom stereocenters. The standard InChI is InChI=1S/C14H32N2/c1-9-13(15-10-2)11(3)16(8)12(4)14(5,6)7/h11-13,15H,9-10H2,1-8H3. The Morgan fingerprint density at radius 3 is 1.94 bits per heavy atom. The fourth-order valence-electron chi connectivity index (χ4n) is 2.17. The molecule has 0 amide bonds. The van der Waals surface area contributed by atoms with E-state index in [1.807, 2.05) is 0 Å². The Balaban J connectivity index is 4.51. The predicted molar refractivity (Wildman–Crippen MR) is 73.9 cm³/mol. The Morgan fingerprint density at radius 1 is 1.12 bits per heavy atom. The minimum atomic E-state index is 0.341. The topological polar surface area (TPSA) is 15.3 Å². The molecule has 0 saturated heterocycles. The Kier molecular flexibility index (Phi) is 6.57. The lowest BCUT2D eigenvalue weighted by Gasteiger charge is -2.41. The maximum atomic E-state index is 3.58. The second kappa shape index (κ2) is 6.61. The van der Waals surface area contributed by atoms with Crippen molar-refractivity contribution in [2.45, 2.75) is 73.0 Å². The molecule has 2 nitrogen and oxygen atoms in total. The van der Waals surface area contributed by atoms with Crippen molar-refractivity contribution in [3.63, 3.8) is 0 Å². The first-order valence-corrected chi connectivity index (χ1v) is 6.71. The minimum Gasteiger partial charge on any atom is -0.313 e. The highest BCUT2D eigenvalue weighted by molar-refractivity contribution is 4.85. The summed E-state index contributed by atoms with van der Waals surface area (Å²) < 4.78 is 0. The first-order valence-electron chi connectivity index (χ1n) is 6.71. The summed E-state index contributed by atoms with van der Waals surface area (Å²) in [6.45, 7) is 17.1. The fourth-order valence-corrected chi connectivity index (χ4v) is 2.17. The van der Waals surface area contributed by atoms with Gasteiger partial charge in [-0.3, -0.25) is 4.90 Å². The van der Waals surface area contributed by atoms with Gasteiger partial charge in [-0.1, -0.05) is 34.6 Å². The zero-order valence-corrected chi connectivity index (χ0v) is 12.6. The third-order valence-electron chi connectivity index (χ3n) is 4.00. The highest BCUT2D eigenvalue weighted by atomic mass is 15.2. The number of hydrogen-bond donors (Lipinski definition) is 1. The van der Waals surface area contributed by atoms with Crippen LogP contribution in [-0.2, 0) is 0 Å². The van der Waals surface area contributed by atoms with Crippen LogP contribution in [0, 0.1) is 5.41 Å². The van der Waals surface area contributed by atoms with Crippen LogP contribution in [0.25, 0.3) is 0 Å². The molecule has 0 bridgehead atoms. The smallest absolute Gasteiger partial charge is 0.0220 e. The Bertz CT molecular complexity index is 184. The summed E-state index contributed by atoms with van der Waals surface area (Å²) >= 11 is 0. The van der Waals surface area contributed by atoms with E-state index in [9.17, 15) is 0 Å². The zero-order chi connectivity index (χ0) is 12.9. The van der Waals surface area contributed by atoms with Crippen LogP contribution in [0.1, 0.15) is 54.9 Å². The highest BCUT2D eigenvalue weighted by Crippen LogP contribution is 2.25. The van der Waals surface area contributed by atoms with Crippen LogP contribution in [0.2, 0.25) is 0 Å². The monoisotopic (exact) mass is 228 g/mol. The molecule has 0 rings (SSSR count). The summed E-state index contributed by atoms with van der Waals surface area (Å²) in [6.07, 6.45) is 1.19. The number of likely N-dealkylation sites (N-methyl/N-ethyl adjacent to an activating group) is 2. The first kappa shape index (κ1) is 15.9. The molecule has 1 N–H and O–H groups in total. The molecule has 0 aliphatic carbocycles. The molecule has 0 aromatic carbocycles. The van der Waals surface area contributed by atoms with Gasteiger partial charge < -0.3 is 5.32 Å². The van der Waals surface area contributed by atoms with Crippen LogP contribution in [-0.4, -0.2) is 36.6 Å². The number of nitrogens with one attached hydrogen (secondary N) is 1. The van der Waals surface area contributed by atoms with Gasteiger partial charge in [-0.2, -0.15) is 0 Å². The van der Waals surface area contributed by atoms with Crippen molar-refractivity contribution >= 4 is 0 Å². The summed E-state index contributed by atoms with van der Waals surface area (Å²) in [5, 5.41) is 3.58. The van der Waals surface area contributed by atoms with Crippen molar-refractivity contribution in [3.8, 4) is 0 Å². The summed E-state index contributed by atoms with van der Waals surface area (Å²) in [4.78, 5) is 2.51. The quantitative estimate of drug-likeness (QED) is 0.751. The van der Waals surface area contributed by atoms with Crippen LogP contribution >= 0.6 is 0 Å². The number of nitrogens with zero attached hydrogens (tertiary/aromatic N) is 1. The minimum absolute atomic E-state index is 0.341. The van der Waals surface area contributed by atoms with E-state index in [-0.39, 0.29) is 0 Å². The highest BCUT2D eigenvalue weighted by Gasteiger charge is 2.29. The predicted octanol–water partition coefficient (Wildman–Crippen LogP) is 3.13. The molecular weight excluding hydrogens is 196 g/mol. The summed E-state index contributed by atoms with van der Waals surface area (Å²) in [7, 11) is 2.25. The van der Waals surface area contributed by atoms with Crippen molar-refractivity contribution in [2.24, 2.45) is 5.41 Å². The van der Waals surface area contributed by atoms with E-state index in [0.717, 1.165) is 6.54 Å². The number of hydrogen-bond acceptors (Lipinski definition) is 2. The molecule has 0 fully saturated rings. The largest absolute Gasteiger partial charge is 0.313 e. The van der Waals surface area contributed by atoms with E-state index in [1.54, 1.807) is 0 Å². The van der Waals surface area contributed by atoms with Gasteiger partial charge in [0.1, 0.15) is 0 Å². The molecule has 2 heteroatoms. The number of rotatable bonds is 6. The first-order chi connectivity index (χ1) is 7.25. The lowest BCUT2D eigenvalue weighted by molar-refractivity contribution is 0.0848. The normalized spacial score (nSPS) is 18.6. The lowest BCUT2D eigenvalue weighted by Crippen LogP contribution is -2.52. The van der Waals surface area contributed by atoms with Crippen molar-refractivity contribution in [3.05, 3.63) is 0 Å². The van der Waals surface area contributed by atoms with Gasteiger partial charge in [0.25, 0.3) is 0 Å². The van der Waals surface area contributed by atoms with Crippen molar-refractivity contribution in [1.29, 1.82) is 0 Å². The van der Waals surface area contributed by atoms with Crippen LogP contribution in [0.5, 0.6) is 0 Å². The van der Waals surface area contributed by atoms with Gasteiger partial charge in [0, 0.05) is 18.1 Å². The summed E-state index contributed by atoms with van der Waals surface area (Å²) in [5.41, 5.74) is 0.341. The third kappa shape index (κ3) is 4.42. The van der Waals surface area contributed by atoms with Crippen LogP contribution in [0.15, 0.2) is 0 Å². The van der Waals surface area contributed by atoms with E-state index < -0.39 is 0 Å².